The molecule has 18 heavy (non-hydrogen) atoms. The summed E-state index contributed by atoms with van der Waals surface area (Å²) in [4.78, 5) is 0. The molecule has 2 unspecified atom stereocenters. The highest BCUT2D eigenvalue weighted by atomic mass is 16.5. The van der Waals surface area contributed by atoms with E-state index in [0.717, 1.165) is 19.1 Å². The fourth-order valence-corrected chi connectivity index (χ4v) is 2.74. The van der Waals surface area contributed by atoms with Crippen LogP contribution in [0.4, 0.5) is 0 Å². The highest BCUT2D eigenvalue weighted by Gasteiger charge is 2.18. The molecule has 0 fully saturated rings. The van der Waals surface area contributed by atoms with Gasteiger partial charge in [0.05, 0.1) is 0 Å². The molecule has 0 bridgehead atoms. The molecule has 2 atom stereocenters. The number of ether oxygens (including phenoxy) is 1. The third-order valence-electron chi connectivity index (χ3n) is 3.23. The van der Waals surface area contributed by atoms with Crippen molar-refractivity contribution in [1.29, 1.82) is 0 Å². The lowest BCUT2D eigenvalue weighted by Gasteiger charge is -2.27. The lowest BCUT2D eigenvalue weighted by atomic mass is 9.82. The minimum atomic E-state index is 0.446. The quantitative estimate of drug-likeness (QED) is 0.591. The zero-order valence-corrected chi connectivity index (χ0v) is 13.5. The Balaban J connectivity index is 4.03. The molecule has 0 aromatic rings. The van der Waals surface area contributed by atoms with Gasteiger partial charge in [0.15, 0.2) is 0 Å². The molecular formula is C16H35NO. The van der Waals surface area contributed by atoms with Crippen molar-refractivity contribution < 1.29 is 4.74 Å². The molecule has 0 amide bonds. The molecule has 0 aliphatic carbocycles. The fourth-order valence-electron chi connectivity index (χ4n) is 2.74. The Labute approximate surface area is 115 Å². The summed E-state index contributed by atoms with van der Waals surface area (Å²) < 4.78 is 5.15. The standard InChI is InChI=1S/C16H35NO/c1-7-10-17-15(9-8-11-18-6)12-14(2)13-16(3,4)5/h14-15,17H,7-13H2,1-6H3. The van der Waals surface area contributed by atoms with Crippen molar-refractivity contribution in [3.63, 3.8) is 0 Å². The third kappa shape index (κ3) is 11.0. The molecule has 0 heterocycles. The van der Waals surface area contributed by atoms with Crippen LogP contribution in [0.25, 0.3) is 0 Å². The topological polar surface area (TPSA) is 21.3 Å². The van der Waals surface area contributed by atoms with E-state index in [1.54, 1.807) is 7.11 Å². The van der Waals surface area contributed by atoms with Gasteiger partial charge in [0, 0.05) is 19.8 Å². The number of rotatable bonds is 10. The van der Waals surface area contributed by atoms with E-state index >= 15 is 0 Å². The maximum Gasteiger partial charge on any atom is 0.0462 e. The van der Waals surface area contributed by atoms with E-state index in [4.69, 9.17) is 4.74 Å². The molecule has 2 nitrogen and oxygen atoms in total. The van der Waals surface area contributed by atoms with Crippen LogP contribution < -0.4 is 5.32 Å². The van der Waals surface area contributed by atoms with Gasteiger partial charge < -0.3 is 10.1 Å². The van der Waals surface area contributed by atoms with Gasteiger partial charge in [-0.05, 0) is 50.0 Å². The first-order chi connectivity index (χ1) is 8.39. The summed E-state index contributed by atoms with van der Waals surface area (Å²) in [5.41, 5.74) is 0.446. The molecule has 0 aliphatic rings. The predicted molar refractivity (Wildman–Crippen MR) is 81.0 cm³/mol. The summed E-state index contributed by atoms with van der Waals surface area (Å²) in [5, 5.41) is 3.69. The molecule has 0 spiro atoms. The Hall–Kier alpha value is -0.0800. The SMILES string of the molecule is CCCNC(CCCOC)CC(C)CC(C)(C)C. The average molecular weight is 257 g/mol. The number of hydrogen-bond acceptors (Lipinski definition) is 2. The second kappa shape index (κ2) is 9.80. The van der Waals surface area contributed by atoms with E-state index in [-0.39, 0.29) is 0 Å². The van der Waals surface area contributed by atoms with Crippen molar-refractivity contribution in [2.24, 2.45) is 11.3 Å². The van der Waals surface area contributed by atoms with Crippen LogP contribution in [0.2, 0.25) is 0 Å². The minimum absolute atomic E-state index is 0.446. The first kappa shape index (κ1) is 17.9. The summed E-state index contributed by atoms with van der Waals surface area (Å²) in [5.74, 6) is 0.793. The van der Waals surface area contributed by atoms with E-state index < -0.39 is 0 Å². The van der Waals surface area contributed by atoms with Crippen LogP contribution in [-0.2, 0) is 4.74 Å². The molecule has 1 N–H and O–H groups in total. The molecule has 0 saturated carbocycles. The number of nitrogens with one attached hydrogen (secondary N) is 1. The van der Waals surface area contributed by atoms with Crippen LogP contribution in [0, 0.1) is 11.3 Å². The Morgan fingerprint density at radius 1 is 1.22 bits per heavy atom. The summed E-state index contributed by atoms with van der Waals surface area (Å²) in [6, 6.07) is 0.664. The van der Waals surface area contributed by atoms with Gasteiger partial charge in [0.2, 0.25) is 0 Å². The third-order valence-corrected chi connectivity index (χ3v) is 3.23. The van der Waals surface area contributed by atoms with Crippen molar-refractivity contribution in [3.8, 4) is 0 Å². The molecule has 0 aromatic heterocycles. The molecule has 0 rings (SSSR count). The van der Waals surface area contributed by atoms with Crippen molar-refractivity contribution in [2.75, 3.05) is 20.3 Å². The number of hydrogen-bond donors (Lipinski definition) is 1. The van der Waals surface area contributed by atoms with E-state index in [1.165, 1.54) is 32.1 Å². The molecule has 0 aliphatic heterocycles. The summed E-state index contributed by atoms with van der Waals surface area (Å²) in [6.07, 6.45) is 6.22. The lowest BCUT2D eigenvalue weighted by molar-refractivity contribution is 0.184. The van der Waals surface area contributed by atoms with Crippen molar-refractivity contribution >= 4 is 0 Å². The van der Waals surface area contributed by atoms with Crippen LogP contribution in [0.3, 0.4) is 0 Å². The monoisotopic (exact) mass is 257 g/mol. The van der Waals surface area contributed by atoms with Gasteiger partial charge in [0.1, 0.15) is 0 Å². The van der Waals surface area contributed by atoms with Crippen molar-refractivity contribution in [3.05, 3.63) is 0 Å². The molecule has 110 valence electrons. The number of methoxy groups -OCH3 is 1. The summed E-state index contributed by atoms with van der Waals surface area (Å²) in [6.45, 7) is 13.7. The van der Waals surface area contributed by atoms with Crippen molar-refractivity contribution in [2.45, 2.75) is 72.8 Å². The van der Waals surface area contributed by atoms with Gasteiger partial charge in [-0.3, -0.25) is 0 Å². The van der Waals surface area contributed by atoms with Crippen LogP contribution in [0.5, 0.6) is 0 Å². The largest absolute Gasteiger partial charge is 0.385 e. The van der Waals surface area contributed by atoms with Gasteiger partial charge in [-0.2, -0.15) is 0 Å². The van der Waals surface area contributed by atoms with Crippen LogP contribution >= 0.6 is 0 Å². The van der Waals surface area contributed by atoms with E-state index in [2.05, 4.69) is 39.9 Å². The summed E-state index contributed by atoms with van der Waals surface area (Å²) in [7, 11) is 1.79. The fraction of sp³-hybridized carbons (Fsp3) is 1.00. The first-order valence-corrected chi connectivity index (χ1v) is 7.61. The Morgan fingerprint density at radius 2 is 1.89 bits per heavy atom. The highest BCUT2D eigenvalue weighted by Crippen LogP contribution is 2.27. The first-order valence-electron chi connectivity index (χ1n) is 7.61. The smallest absolute Gasteiger partial charge is 0.0462 e. The Bertz CT molecular complexity index is 186. The summed E-state index contributed by atoms with van der Waals surface area (Å²) >= 11 is 0. The van der Waals surface area contributed by atoms with Gasteiger partial charge in [-0.1, -0.05) is 34.6 Å². The van der Waals surface area contributed by atoms with Crippen molar-refractivity contribution in [1.82, 2.24) is 5.32 Å². The zero-order valence-electron chi connectivity index (χ0n) is 13.5. The average Bonchev–Trinajstić information content (AvgIpc) is 2.23. The van der Waals surface area contributed by atoms with Crippen LogP contribution in [-0.4, -0.2) is 26.3 Å². The molecule has 0 radical (unpaired) electrons. The van der Waals surface area contributed by atoms with E-state index in [1.807, 2.05) is 0 Å². The van der Waals surface area contributed by atoms with Crippen LogP contribution in [0.1, 0.15) is 66.7 Å². The maximum absolute atomic E-state index is 5.15. The molecule has 2 heteroatoms. The maximum atomic E-state index is 5.15. The zero-order chi connectivity index (χ0) is 14.0. The predicted octanol–water partition coefficient (Wildman–Crippen LogP) is 4.24. The second-order valence-electron chi connectivity index (χ2n) is 6.89. The van der Waals surface area contributed by atoms with Gasteiger partial charge in [-0.25, -0.2) is 0 Å². The van der Waals surface area contributed by atoms with Crippen LogP contribution in [0.15, 0.2) is 0 Å². The van der Waals surface area contributed by atoms with Gasteiger partial charge in [-0.15, -0.1) is 0 Å². The van der Waals surface area contributed by atoms with Gasteiger partial charge >= 0.3 is 0 Å². The lowest BCUT2D eigenvalue weighted by Crippen LogP contribution is -2.32. The Morgan fingerprint density at radius 3 is 2.39 bits per heavy atom. The molecule has 0 aromatic carbocycles. The van der Waals surface area contributed by atoms with E-state index in [0.29, 0.717) is 11.5 Å². The second-order valence-corrected chi connectivity index (χ2v) is 6.89. The van der Waals surface area contributed by atoms with E-state index in [9.17, 15) is 0 Å². The minimum Gasteiger partial charge on any atom is -0.385 e. The normalized spacial score (nSPS) is 15.7. The molecular weight excluding hydrogens is 222 g/mol. The van der Waals surface area contributed by atoms with Gasteiger partial charge in [0.25, 0.3) is 0 Å². The highest BCUT2D eigenvalue weighted by molar-refractivity contribution is 4.74. The molecule has 0 saturated heterocycles. The Kier molecular flexibility index (Phi) is 9.76.